The number of benzene rings is 1. The second-order valence-corrected chi connectivity index (χ2v) is 12.5. The van der Waals surface area contributed by atoms with Crippen LogP contribution in [0.1, 0.15) is 55.3 Å². The van der Waals surface area contributed by atoms with Gasteiger partial charge in [-0.05, 0) is 43.5 Å². The van der Waals surface area contributed by atoms with Gasteiger partial charge >= 0.3 is 0 Å². The number of aliphatic hydroxyl groups is 2. The average molecular weight is 602 g/mol. The van der Waals surface area contributed by atoms with E-state index in [1.165, 1.54) is 29.2 Å². The van der Waals surface area contributed by atoms with E-state index in [-0.39, 0.29) is 62.1 Å². The summed E-state index contributed by atoms with van der Waals surface area (Å²) in [7, 11) is 0. The summed E-state index contributed by atoms with van der Waals surface area (Å²) in [6, 6.07) is 3.50. The molecule has 0 unspecified atom stereocenters. The number of aliphatic hydroxyl groups excluding tert-OH is 2. The predicted molar refractivity (Wildman–Crippen MR) is 150 cm³/mol. The highest BCUT2D eigenvalue weighted by Gasteiger charge is 2.48. The first-order valence-electron chi connectivity index (χ1n) is 15.4. The normalized spacial score (nSPS) is 34.7. The zero-order valence-corrected chi connectivity index (χ0v) is 24.1. The van der Waals surface area contributed by atoms with Gasteiger partial charge in [-0.25, -0.2) is 4.39 Å². The van der Waals surface area contributed by atoms with Crippen LogP contribution >= 0.6 is 0 Å². The lowest BCUT2D eigenvalue weighted by atomic mass is 9.93. The Balaban J connectivity index is 1.29. The first-order valence-corrected chi connectivity index (χ1v) is 15.4. The zero-order chi connectivity index (χ0) is 30.2. The lowest BCUT2D eigenvalue weighted by molar-refractivity contribution is -0.142. The Bertz CT molecular complexity index is 1230. The van der Waals surface area contributed by atoms with Crippen LogP contribution in [-0.4, -0.2) is 130 Å². The molecule has 4 heterocycles. The number of nitrogens with zero attached hydrogens (tertiary/aromatic N) is 3. The van der Waals surface area contributed by atoms with E-state index < -0.39 is 54.1 Å². The number of ether oxygens (including phenoxy) is 1. The predicted octanol–water partition coefficient (Wildman–Crippen LogP) is -0.620. The van der Waals surface area contributed by atoms with Gasteiger partial charge in [0.1, 0.15) is 30.2 Å². The van der Waals surface area contributed by atoms with Crippen molar-refractivity contribution < 1.29 is 38.5 Å². The molecule has 234 valence electrons. The van der Waals surface area contributed by atoms with Crippen LogP contribution < -0.4 is 10.6 Å². The molecule has 12 nitrogen and oxygen atoms in total. The summed E-state index contributed by atoms with van der Waals surface area (Å²) in [4.78, 5) is 59.5. The molecular formula is C30H40FN5O7. The van der Waals surface area contributed by atoms with Crippen molar-refractivity contribution in [1.82, 2.24) is 25.3 Å². The molecule has 7 atom stereocenters. The zero-order valence-electron chi connectivity index (χ0n) is 24.1. The second-order valence-electron chi connectivity index (χ2n) is 12.5. The molecule has 43 heavy (non-hydrogen) atoms. The Morgan fingerprint density at radius 2 is 1.65 bits per heavy atom. The van der Waals surface area contributed by atoms with Crippen molar-refractivity contribution in [2.24, 2.45) is 0 Å². The third-order valence-electron chi connectivity index (χ3n) is 9.71. The van der Waals surface area contributed by atoms with Crippen molar-refractivity contribution in [2.45, 2.75) is 93.5 Å². The van der Waals surface area contributed by atoms with Gasteiger partial charge < -0.3 is 35.4 Å². The standard InChI is InChI=1S/C30H40FN5O7/c31-18-8-6-17(7-9-18)29(41)35-11-10-34-16-22(35)28(40)32-14-24-27(39)26(38)23(43-24)13-25(37)33-19-12-21(30(34)42)36(15-19)20-4-2-1-3-5-20/h6-9,19-24,26-27,38-39H,1-5,10-16H2,(H,32,40)(H,33,37)/t19-,21-,22-,23-,24+,26-,27+/m0/s1. The van der Waals surface area contributed by atoms with Crippen molar-refractivity contribution in [3.8, 4) is 0 Å². The first-order chi connectivity index (χ1) is 20.7. The van der Waals surface area contributed by atoms with Gasteiger partial charge in [0.25, 0.3) is 5.91 Å². The van der Waals surface area contributed by atoms with Crippen LogP contribution in [0.2, 0.25) is 0 Å². The largest absolute Gasteiger partial charge is 0.388 e. The maximum Gasteiger partial charge on any atom is 0.254 e. The van der Waals surface area contributed by atoms with Crippen molar-refractivity contribution >= 4 is 23.6 Å². The third kappa shape index (κ3) is 6.13. The fourth-order valence-corrected chi connectivity index (χ4v) is 7.40. The Hall–Kier alpha value is -3.13. The Labute approximate surface area is 249 Å². The van der Waals surface area contributed by atoms with E-state index in [9.17, 15) is 33.8 Å². The maximum atomic E-state index is 14.1. The van der Waals surface area contributed by atoms with Gasteiger partial charge in [-0.2, -0.15) is 0 Å². The minimum absolute atomic E-state index is 0.0387. The van der Waals surface area contributed by atoms with Gasteiger partial charge in [0, 0.05) is 43.8 Å². The number of carbonyl (C=O) groups is 4. The number of carbonyl (C=O) groups excluding carboxylic acids is 4. The molecule has 0 radical (unpaired) electrons. The smallest absolute Gasteiger partial charge is 0.254 e. The van der Waals surface area contributed by atoms with Crippen molar-refractivity contribution in [2.75, 3.05) is 32.7 Å². The lowest BCUT2D eigenvalue weighted by Gasteiger charge is -2.43. The Morgan fingerprint density at radius 3 is 2.40 bits per heavy atom. The van der Waals surface area contributed by atoms with Gasteiger partial charge in [0.15, 0.2) is 0 Å². The molecule has 1 aliphatic carbocycles. The highest BCUT2D eigenvalue weighted by Crippen LogP contribution is 2.32. The molecule has 1 saturated carbocycles. The average Bonchev–Trinajstić information content (AvgIpc) is 3.55. The molecule has 5 fully saturated rings. The van der Waals surface area contributed by atoms with Crippen molar-refractivity contribution in [3.05, 3.63) is 35.6 Å². The second kappa shape index (κ2) is 12.5. The SMILES string of the molecule is O=C1C[C@@H]2O[C@H](CNC(=O)[C@@H]3CN(CCN3C(=O)c3ccc(F)cc3)C(=O)[C@@H]3C[C@@H](CN3C3CCCCC3)N1)[C@@H](O)[C@H]2O. The van der Waals surface area contributed by atoms with E-state index in [2.05, 4.69) is 15.5 Å². The van der Waals surface area contributed by atoms with Crippen LogP contribution in [0, 0.1) is 5.82 Å². The van der Waals surface area contributed by atoms with E-state index in [1.54, 1.807) is 4.90 Å². The van der Waals surface area contributed by atoms with Gasteiger partial charge in [0.05, 0.1) is 25.1 Å². The molecule has 13 heteroatoms. The summed E-state index contributed by atoms with van der Waals surface area (Å²) in [6.45, 7) is 0.626. The molecule has 1 aromatic carbocycles. The van der Waals surface area contributed by atoms with E-state index in [0.29, 0.717) is 13.0 Å². The van der Waals surface area contributed by atoms with Crippen molar-refractivity contribution in [3.63, 3.8) is 0 Å². The summed E-state index contributed by atoms with van der Waals surface area (Å²) < 4.78 is 19.4. The molecule has 1 aromatic rings. The molecule has 6 bridgehead atoms. The highest BCUT2D eigenvalue weighted by atomic mass is 19.1. The van der Waals surface area contributed by atoms with Crippen LogP contribution in [0.3, 0.4) is 0 Å². The number of piperazine rings is 1. The molecule has 4 amide bonds. The van der Waals surface area contributed by atoms with Gasteiger partial charge in [-0.3, -0.25) is 24.1 Å². The fourth-order valence-electron chi connectivity index (χ4n) is 7.40. The summed E-state index contributed by atoms with van der Waals surface area (Å²) >= 11 is 0. The van der Waals surface area contributed by atoms with Crippen LogP contribution in [0.5, 0.6) is 0 Å². The lowest BCUT2D eigenvalue weighted by Crippen LogP contribution is -2.63. The number of halogens is 1. The van der Waals surface area contributed by atoms with Gasteiger partial charge in [-0.1, -0.05) is 19.3 Å². The monoisotopic (exact) mass is 601 g/mol. The third-order valence-corrected chi connectivity index (χ3v) is 9.71. The van der Waals surface area contributed by atoms with E-state index in [1.807, 2.05) is 0 Å². The van der Waals surface area contributed by atoms with Crippen LogP contribution in [0.15, 0.2) is 24.3 Å². The quantitative estimate of drug-likeness (QED) is 0.350. The fraction of sp³-hybridized carbons (Fsp3) is 0.667. The molecule has 4 N–H and O–H groups in total. The summed E-state index contributed by atoms with van der Waals surface area (Å²) in [5.74, 6) is -1.95. The maximum absolute atomic E-state index is 14.1. The molecule has 6 rings (SSSR count). The van der Waals surface area contributed by atoms with Crippen LogP contribution in [0.25, 0.3) is 0 Å². The number of likely N-dealkylation sites (tertiary alicyclic amines) is 1. The minimum Gasteiger partial charge on any atom is -0.388 e. The Kier molecular flexibility index (Phi) is 8.67. The minimum atomic E-state index is -1.33. The molecule has 0 spiro atoms. The number of amides is 4. The van der Waals surface area contributed by atoms with E-state index >= 15 is 0 Å². The number of rotatable bonds is 2. The van der Waals surface area contributed by atoms with Crippen molar-refractivity contribution in [1.29, 1.82) is 0 Å². The molecular weight excluding hydrogens is 561 g/mol. The number of hydrogen-bond donors (Lipinski definition) is 4. The van der Waals surface area contributed by atoms with Gasteiger partial charge in [0.2, 0.25) is 17.7 Å². The van der Waals surface area contributed by atoms with Gasteiger partial charge in [-0.15, -0.1) is 0 Å². The molecule has 0 aromatic heterocycles. The topological polar surface area (TPSA) is 152 Å². The van der Waals surface area contributed by atoms with Crippen LogP contribution in [-0.2, 0) is 19.1 Å². The molecule has 4 aliphatic heterocycles. The number of fused-ring (bicyclic) bond motifs is 6. The molecule has 5 aliphatic rings. The molecule has 4 saturated heterocycles. The van der Waals surface area contributed by atoms with Crippen LogP contribution in [0.4, 0.5) is 4.39 Å². The first kappa shape index (κ1) is 29.9. The van der Waals surface area contributed by atoms with E-state index in [4.69, 9.17) is 4.74 Å². The number of nitrogens with one attached hydrogen (secondary N) is 2. The summed E-state index contributed by atoms with van der Waals surface area (Å²) in [5.41, 5.74) is 0.222. The van der Waals surface area contributed by atoms with E-state index in [0.717, 1.165) is 32.1 Å². The number of hydrogen-bond acceptors (Lipinski definition) is 8. The Morgan fingerprint density at radius 1 is 0.930 bits per heavy atom. The highest BCUT2D eigenvalue weighted by molar-refractivity contribution is 5.98. The summed E-state index contributed by atoms with van der Waals surface area (Å²) in [5, 5.41) is 27.0. The summed E-state index contributed by atoms with van der Waals surface area (Å²) in [6.07, 6.45) is 0.910.